The van der Waals surface area contributed by atoms with Gasteiger partial charge in [0.1, 0.15) is 0 Å². The van der Waals surface area contributed by atoms with Crippen molar-refractivity contribution in [2.24, 2.45) is 0 Å². The molecule has 0 fully saturated rings. The van der Waals surface area contributed by atoms with Crippen molar-refractivity contribution < 1.29 is 8.42 Å². The number of pyridine rings is 1. The summed E-state index contributed by atoms with van der Waals surface area (Å²) in [6, 6.07) is 9.70. The summed E-state index contributed by atoms with van der Waals surface area (Å²) in [5.74, 6) is 0. The van der Waals surface area contributed by atoms with Gasteiger partial charge >= 0.3 is 0 Å². The fraction of sp³-hybridized carbons (Fsp3) is 0.0667. The zero-order valence-corrected chi connectivity index (χ0v) is 14.4. The Kier molecular flexibility index (Phi) is 4.34. The van der Waals surface area contributed by atoms with E-state index >= 15 is 0 Å². The molecular formula is C15H12ClN3O2S2. The molecule has 0 saturated carbocycles. The molecule has 0 atom stereocenters. The summed E-state index contributed by atoms with van der Waals surface area (Å²) in [5.41, 5.74) is 1.65. The van der Waals surface area contributed by atoms with Crippen LogP contribution in [0.25, 0.3) is 10.4 Å². The van der Waals surface area contributed by atoms with Crippen LogP contribution in [0, 0.1) is 6.92 Å². The van der Waals surface area contributed by atoms with Crippen LogP contribution in [0.15, 0.2) is 53.7 Å². The van der Waals surface area contributed by atoms with Gasteiger partial charge in [0.15, 0.2) is 5.13 Å². The van der Waals surface area contributed by atoms with Crippen molar-refractivity contribution in [3.05, 3.63) is 59.5 Å². The number of aromatic nitrogens is 2. The van der Waals surface area contributed by atoms with E-state index in [9.17, 15) is 8.42 Å². The minimum atomic E-state index is -3.69. The van der Waals surface area contributed by atoms with Crippen molar-refractivity contribution in [2.45, 2.75) is 11.8 Å². The zero-order chi connectivity index (χ0) is 16.4. The van der Waals surface area contributed by atoms with Crippen LogP contribution in [-0.4, -0.2) is 18.4 Å². The summed E-state index contributed by atoms with van der Waals surface area (Å²) in [5, 5.41) is 0.796. The van der Waals surface area contributed by atoms with E-state index in [0.29, 0.717) is 10.2 Å². The molecule has 0 saturated heterocycles. The van der Waals surface area contributed by atoms with Gasteiger partial charge in [-0.1, -0.05) is 29.0 Å². The lowest BCUT2D eigenvalue weighted by Gasteiger charge is -2.04. The van der Waals surface area contributed by atoms with Gasteiger partial charge < -0.3 is 0 Å². The number of anilines is 1. The summed E-state index contributed by atoms with van der Waals surface area (Å²) in [4.78, 5) is 9.38. The van der Waals surface area contributed by atoms with Gasteiger partial charge in [-0.15, -0.1) is 0 Å². The third-order valence-electron chi connectivity index (χ3n) is 3.07. The van der Waals surface area contributed by atoms with Gasteiger partial charge in [-0.3, -0.25) is 9.71 Å². The molecule has 1 N–H and O–H groups in total. The lowest BCUT2D eigenvalue weighted by molar-refractivity contribution is 0.601. The second kappa shape index (κ2) is 6.27. The van der Waals surface area contributed by atoms with Gasteiger partial charge in [-0.05, 0) is 37.3 Å². The van der Waals surface area contributed by atoms with Crippen molar-refractivity contribution in [2.75, 3.05) is 4.72 Å². The average Bonchev–Trinajstić information content (AvgIpc) is 2.88. The Bertz CT molecular complexity index is 923. The van der Waals surface area contributed by atoms with Crippen LogP contribution >= 0.6 is 22.9 Å². The summed E-state index contributed by atoms with van der Waals surface area (Å²) in [6.07, 6.45) is 3.40. The van der Waals surface area contributed by atoms with E-state index in [1.54, 1.807) is 12.4 Å². The molecular weight excluding hydrogens is 354 g/mol. The first-order valence-corrected chi connectivity index (χ1v) is 9.30. The summed E-state index contributed by atoms with van der Waals surface area (Å²) < 4.78 is 27.2. The fourth-order valence-electron chi connectivity index (χ4n) is 1.99. The van der Waals surface area contributed by atoms with Gasteiger partial charge in [0.2, 0.25) is 0 Å². The largest absolute Gasteiger partial charge is 0.264 e. The summed E-state index contributed by atoms with van der Waals surface area (Å²) >= 11 is 7.05. The highest BCUT2D eigenvalue weighted by Gasteiger charge is 2.18. The van der Waals surface area contributed by atoms with Crippen molar-refractivity contribution >= 4 is 38.1 Å². The number of aryl methyl sites for hydroxylation is 1. The zero-order valence-electron chi connectivity index (χ0n) is 12.0. The standard InChI is InChI=1S/C15H12ClN3O2S2/c1-10-14(11-3-2-8-17-9-11)22-15(18-10)19-23(20,21)13-6-4-12(16)5-7-13/h2-9H,1H3,(H,18,19). The SMILES string of the molecule is Cc1nc(NS(=O)(=O)c2ccc(Cl)cc2)sc1-c1cccnc1. The molecule has 0 aliphatic heterocycles. The van der Waals surface area contributed by atoms with Crippen molar-refractivity contribution in [1.29, 1.82) is 0 Å². The molecule has 0 spiro atoms. The van der Waals surface area contributed by atoms with Gasteiger partial charge in [0, 0.05) is 23.0 Å². The molecule has 23 heavy (non-hydrogen) atoms. The van der Waals surface area contributed by atoms with E-state index in [1.165, 1.54) is 35.6 Å². The quantitative estimate of drug-likeness (QED) is 0.759. The molecule has 0 radical (unpaired) electrons. The van der Waals surface area contributed by atoms with Crippen LogP contribution in [0.2, 0.25) is 5.02 Å². The Labute approximate surface area is 143 Å². The Morgan fingerprint density at radius 3 is 2.57 bits per heavy atom. The monoisotopic (exact) mass is 365 g/mol. The molecule has 3 rings (SSSR count). The predicted molar refractivity (Wildman–Crippen MR) is 92.3 cm³/mol. The number of thiazole rings is 1. The number of nitrogens with one attached hydrogen (secondary N) is 1. The molecule has 8 heteroatoms. The number of hydrogen-bond donors (Lipinski definition) is 1. The van der Waals surface area contributed by atoms with Gasteiger partial charge in [-0.25, -0.2) is 13.4 Å². The smallest absolute Gasteiger partial charge is 0.263 e. The molecule has 3 aromatic rings. The second-order valence-electron chi connectivity index (χ2n) is 4.73. The molecule has 0 amide bonds. The minimum Gasteiger partial charge on any atom is -0.264 e. The van der Waals surface area contributed by atoms with Gasteiger partial charge in [-0.2, -0.15) is 0 Å². The van der Waals surface area contributed by atoms with Crippen LogP contribution in [0.4, 0.5) is 5.13 Å². The Morgan fingerprint density at radius 1 is 1.17 bits per heavy atom. The predicted octanol–water partition coefficient (Wildman–Crippen LogP) is 3.97. The molecule has 118 valence electrons. The maximum atomic E-state index is 12.4. The van der Waals surface area contributed by atoms with E-state index in [2.05, 4.69) is 14.7 Å². The third kappa shape index (κ3) is 3.52. The van der Waals surface area contributed by atoms with Crippen LogP contribution in [0.5, 0.6) is 0 Å². The molecule has 0 aliphatic carbocycles. The maximum Gasteiger partial charge on any atom is 0.263 e. The van der Waals surface area contributed by atoms with Crippen LogP contribution < -0.4 is 4.72 Å². The van der Waals surface area contributed by atoms with Crippen LogP contribution in [-0.2, 0) is 10.0 Å². The number of benzene rings is 1. The lowest BCUT2D eigenvalue weighted by atomic mass is 10.2. The second-order valence-corrected chi connectivity index (χ2v) is 7.85. The number of sulfonamides is 1. The first-order valence-electron chi connectivity index (χ1n) is 6.62. The Hall–Kier alpha value is -1.96. The van der Waals surface area contributed by atoms with E-state index in [-0.39, 0.29) is 4.90 Å². The molecule has 0 unspecified atom stereocenters. The van der Waals surface area contributed by atoms with Crippen LogP contribution in [0.3, 0.4) is 0 Å². The van der Waals surface area contributed by atoms with Gasteiger partial charge in [0.25, 0.3) is 10.0 Å². The highest BCUT2D eigenvalue weighted by atomic mass is 35.5. The molecule has 0 aliphatic rings. The van der Waals surface area contributed by atoms with Gasteiger partial charge in [0.05, 0.1) is 15.5 Å². The van der Waals surface area contributed by atoms with E-state index in [4.69, 9.17) is 11.6 Å². The fourth-order valence-corrected chi connectivity index (χ4v) is 4.31. The van der Waals surface area contributed by atoms with Crippen molar-refractivity contribution in [3.8, 4) is 10.4 Å². The maximum absolute atomic E-state index is 12.4. The Balaban J connectivity index is 1.90. The third-order valence-corrected chi connectivity index (χ3v) is 5.92. The average molecular weight is 366 g/mol. The van der Waals surface area contributed by atoms with Crippen molar-refractivity contribution in [3.63, 3.8) is 0 Å². The van der Waals surface area contributed by atoms with Crippen molar-refractivity contribution in [1.82, 2.24) is 9.97 Å². The molecule has 2 aromatic heterocycles. The molecule has 5 nitrogen and oxygen atoms in total. The van der Waals surface area contributed by atoms with E-state index in [1.807, 2.05) is 19.1 Å². The molecule has 0 bridgehead atoms. The molecule has 1 aromatic carbocycles. The number of halogens is 1. The first kappa shape index (κ1) is 15.9. The summed E-state index contributed by atoms with van der Waals surface area (Å²) in [7, 11) is -3.69. The van der Waals surface area contributed by atoms with E-state index < -0.39 is 10.0 Å². The Morgan fingerprint density at radius 2 is 1.91 bits per heavy atom. The normalized spacial score (nSPS) is 11.4. The highest BCUT2D eigenvalue weighted by molar-refractivity contribution is 7.93. The molecule has 2 heterocycles. The van der Waals surface area contributed by atoms with Crippen LogP contribution in [0.1, 0.15) is 5.69 Å². The minimum absolute atomic E-state index is 0.137. The number of nitrogens with zero attached hydrogens (tertiary/aromatic N) is 2. The summed E-state index contributed by atoms with van der Waals surface area (Å²) in [6.45, 7) is 1.83. The number of rotatable bonds is 4. The van der Waals surface area contributed by atoms with E-state index in [0.717, 1.165) is 16.1 Å². The lowest BCUT2D eigenvalue weighted by Crippen LogP contribution is -2.12. The topological polar surface area (TPSA) is 72.0 Å². The highest BCUT2D eigenvalue weighted by Crippen LogP contribution is 2.33. The number of hydrogen-bond acceptors (Lipinski definition) is 5. The first-order chi connectivity index (χ1) is 11.0.